The summed E-state index contributed by atoms with van der Waals surface area (Å²) in [5.41, 5.74) is 7.90. The van der Waals surface area contributed by atoms with Crippen LogP contribution in [0.3, 0.4) is 0 Å². The Morgan fingerprint density at radius 2 is 1.71 bits per heavy atom. The lowest BCUT2D eigenvalue weighted by molar-refractivity contribution is -0.128. The Morgan fingerprint density at radius 1 is 1.00 bits per heavy atom. The standard InChI is InChI=1S/C20H22N4O4/c1-14-8-10-15(11-9-14)21-13-19(26)23-22-18(25)7-4-12-24-16-5-2-3-6-17(16)28-20(24)27/h2-3,5-6,8-11,21H,4,7,12-13H2,1H3,(H,22,25)(H,23,26). The number of carbonyl (C=O) groups is 2. The molecule has 0 unspecified atom stereocenters. The third-order valence-corrected chi connectivity index (χ3v) is 4.21. The summed E-state index contributed by atoms with van der Waals surface area (Å²) >= 11 is 0. The van der Waals surface area contributed by atoms with E-state index in [-0.39, 0.29) is 24.8 Å². The summed E-state index contributed by atoms with van der Waals surface area (Å²) in [7, 11) is 0. The number of para-hydroxylation sites is 2. The predicted molar refractivity (Wildman–Crippen MR) is 106 cm³/mol. The molecule has 0 radical (unpaired) electrons. The molecule has 28 heavy (non-hydrogen) atoms. The molecule has 2 aromatic carbocycles. The Morgan fingerprint density at radius 3 is 2.50 bits per heavy atom. The summed E-state index contributed by atoms with van der Waals surface area (Å²) < 4.78 is 6.64. The van der Waals surface area contributed by atoms with E-state index in [2.05, 4.69) is 16.2 Å². The first-order chi connectivity index (χ1) is 13.5. The molecule has 0 aliphatic carbocycles. The van der Waals surface area contributed by atoms with Crippen LogP contribution in [0, 0.1) is 6.92 Å². The number of fused-ring (bicyclic) bond motifs is 1. The van der Waals surface area contributed by atoms with E-state index in [0.717, 1.165) is 11.3 Å². The number of nitrogens with one attached hydrogen (secondary N) is 3. The molecule has 1 heterocycles. The second kappa shape index (κ2) is 8.90. The van der Waals surface area contributed by atoms with Gasteiger partial charge in [-0.1, -0.05) is 29.8 Å². The summed E-state index contributed by atoms with van der Waals surface area (Å²) in [6, 6.07) is 14.8. The van der Waals surface area contributed by atoms with Crippen molar-refractivity contribution in [2.75, 3.05) is 11.9 Å². The highest BCUT2D eigenvalue weighted by molar-refractivity contribution is 5.84. The zero-order chi connectivity index (χ0) is 19.9. The number of anilines is 1. The highest BCUT2D eigenvalue weighted by Crippen LogP contribution is 2.12. The fourth-order valence-corrected chi connectivity index (χ4v) is 2.72. The van der Waals surface area contributed by atoms with E-state index >= 15 is 0 Å². The molecular weight excluding hydrogens is 360 g/mol. The highest BCUT2D eigenvalue weighted by atomic mass is 16.4. The number of hydrogen-bond donors (Lipinski definition) is 3. The van der Waals surface area contributed by atoms with Gasteiger partial charge in [-0.3, -0.25) is 25.0 Å². The number of nitrogens with zero attached hydrogens (tertiary/aromatic N) is 1. The van der Waals surface area contributed by atoms with Crippen molar-refractivity contribution in [2.24, 2.45) is 0 Å². The summed E-state index contributed by atoms with van der Waals surface area (Å²) in [6.45, 7) is 2.38. The SMILES string of the molecule is Cc1ccc(NCC(=O)NNC(=O)CCCn2c(=O)oc3ccccc32)cc1. The van der Waals surface area contributed by atoms with Crippen molar-refractivity contribution in [2.45, 2.75) is 26.3 Å². The van der Waals surface area contributed by atoms with Crippen molar-refractivity contribution >= 4 is 28.6 Å². The molecule has 8 heteroatoms. The van der Waals surface area contributed by atoms with Gasteiger partial charge in [-0.25, -0.2) is 4.79 Å². The van der Waals surface area contributed by atoms with Crippen LogP contribution in [0.4, 0.5) is 5.69 Å². The number of rotatable bonds is 7. The molecule has 0 saturated carbocycles. The molecule has 0 aliphatic rings. The zero-order valence-electron chi connectivity index (χ0n) is 15.5. The Hall–Kier alpha value is -3.55. The Labute approximate surface area is 161 Å². The maximum Gasteiger partial charge on any atom is 0.419 e. The number of benzene rings is 2. The number of hydrogen-bond acceptors (Lipinski definition) is 5. The largest absolute Gasteiger partial charge is 0.419 e. The van der Waals surface area contributed by atoms with Gasteiger partial charge in [0.05, 0.1) is 12.1 Å². The monoisotopic (exact) mass is 382 g/mol. The number of carbonyl (C=O) groups excluding carboxylic acids is 2. The second-order valence-corrected chi connectivity index (χ2v) is 6.41. The molecule has 0 fully saturated rings. The van der Waals surface area contributed by atoms with E-state index in [1.54, 1.807) is 18.2 Å². The Balaban J connectivity index is 1.38. The van der Waals surface area contributed by atoms with E-state index in [0.29, 0.717) is 24.1 Å². The van der Waals surface area contributed by atoms with E-state index in [4.69, 9.17) is 4.42 Å². The lowest BCUT2D eigenvalue weighted by Gasteiger charge is -2.09. The molecule has 3 N–H and O–H groups in total. The van der Waals surface area contributed by atoms with Crippen molar-refractivity contribution in [1.29, 1.82) is 0 Å². The fourth-order valence-electron chi connectivity index (χ4n) is 2.72. The van der Waals surface area contributed by atoms with Crippen LogP contribution in [-0.4, -0.2) is 22.9 Å². The summed E-state index contributed by atoms with van der Waals surface area (Å²) in [6.07, 6.45) is 0.602. The van der Waals surface area contributed by atoms with Crippen LogP contribution in [0.15, 0.2) is 57.7 Å². The molecular formula is C20H22N4O4. The van der Waals surface area contributed by atoms with Crippen molar-refractivity contribution in [3.63, 3.8) is 0 Å². The average molecular weight is 382 g/mol. The minimum atomic E-state index is -0.447. The minimum absolute atomic E-state index is 0.0414. The Bertz CT molecular complexity index is 1020. The predicted octanol–water partition coefficient (Wildman–Crippen LogP) is 1.94. The topological polar surface area (TPSA) is 105 Å². The molecule has 3 rings (SSSR count). The van der Waals surface area contributed by atoms with Gasteiger partial charge in [0.1, 0.15) is 0 Å². The normalized spacial score (nSPS) is 10.6. The number of oxazole rings is 1. The van der Waals surface area contributed by atoms with Crippen molar-refractivity contribution in [3.8, 4) is 0 Å². The van der Waals surface area contributed by atoms with Gasteiger partial charge >= 0.3 is 5.76 Å². The summed E-state index contributed by atoms with van der Waals surface area (Å²) in [5.74, 6) is -1.13. The van der Waals surface area contributed by atoms with Gasteiger partial charge in [-0.05, 0) is 37.6 Å². The fraction of sp³-hybridized carbons (Fsp3) is 0.250. The summed E-state index contributed by atoms with van der Waals surface area (Å²) in [4.78, 5) is 35.5. The molecule has 0 spiro atoms. The van der Waals surface area contributed by atoms with E-state index < -0.39 is 5.76 Å². The van der Waals surface area contributed by atoms with Gasteiger partial charge in [0, 0.05) is 18.7 Å². The average Bonchev–Trinajstić information content (AvgIpc) is 3.01. The zero-order valence-corrected chi connectivity index (χ0v) is 15.5. The number of hydrazine groups is 1. The first kappa shape index (κ1) is 19.2. The molecule has 0 aliphatic heterocycles. The van der Waals surface area contributed by atoms with Crippen LogP contribution in [0.5, 0.6) is 0 Å². The lowest BCUT2D eigenvalue weighted by atomic mass is 10.2. The van der Waals surface area contributed by atoms with Crippen LogP contribution in [0.1, 0.15) is 18.4 Å². The molecule has 146 valence electrons. The third-order valence-electron chi connectivity index (χ3n) is 4.21. The van der Waals surface area contributed by atoms with Crippen LogP contribution in [-0.2, 0) is 16.1 Å². The first-order valence-corrected chi connectivity index (χ1v) is 8.99. The molecule has 2 amide bonds. The molecule has 0 bridgehead atoms. The number of aryl methyl sites for hydroxylation is 2. The molecule has 0 atom stereocenters. The van der Waals surface area contributed by atoms with Crippen LogP contribution in [0.25, 0.3) is 11.1 Å². The van der Waals surface area contributed by atoms with Crippen molar-refractivity contribution in [1.82, 2.24) is 15.4 Å². The molecule has 1 aromatic heterocycles. The maximum absolute atomic E-state index is 11.9. The lowest BCUT2D eigenvalue weighted by Crippen LogP contribution is -2.44. The van der Waals surface area contributed by atoms with Gasteiger partial charge in [0.2, 0.25) is 5.91 Å². The van der Waals surface area contributed by atoms with Gasteiger partial charge in [0.15, 0.2) is 5.58 Å². The van der Waals surface area contributed by atoms with E-state index in [1.165, 1.54) is 4.57 Å². The van der Waals surface area contributed by atoms with Crippen LogP contribution >= 0.6 is 0 Å². The third kappa shape index (κ3) is 5.00. The highest BCUT2D eigenvalue weighted by Gasteiger charge is 2.09. The minimum Gasteiger partial charge on any atom is -0.408 e. The van der Waals surface area contributed by atoms with Gasteiger partial charge in [-0.15, -0.1) is 0 Å². The summed E-state index contributed by atoms with van der Waals surface area (Å²) in [5, 5.41) is 2.97. The smallest absolute Gasteiger partial charge is 0.408 e. The Kier molecular flexibility index (Phi) is 6.11. The van der Waals surface area contributed by atoms with Crippen LogP contribution in [0.2, 0.25) is 0 Å². The second-order valence-electron chi connectivity index (χ2n) is 6.41. The van der Waals surface area contributed by atoms with Crippen molar-refractivity contribution < 1.29 is 14.0 Å². The van der Waals surface area contributed by atoms with Crippen LogP contribution < -0.4 is 21.9 Å². The van der Waals surface area contributed by atoms with Gasteiger partial charge < -0.3 is 9.73 Å². The molecule has 0 saturated heterocycles. The van der Waals surface area contributed by atoms with E-state index in [1.807, 2.05) is 37.3 Å². The maximum atomic E-state index is 11.9. The number of aromatic nitrogens is 1. The van der Waals surface area contributed by atoms with E-state index in [9.17, 15) is 14.4 Å². The van der Waals surface area contributed by atoms with Gasteiger partial charge in [-0.2, -0.15) is 0 Å². The quantitative estimate of drug-likeness (QED) is 0.542. The first-order valence-electron chi connectivity index (χ1n) is 8.99. The molecule has 8 nitrogen and oxygen atoms in total. The van der Waals surface area contributed by atoms with Gasteiger partial charge in [0.25, 0.3) is 5.91 Å². The molecule has 3 aromatic rings. The number of amides is 2. The van der Waals surface area contributed by atoms with Crippen molar-refractivity contribution in [3.05, 3.63) is 64.6 Å².